The fourth-order valence-corrected chi connectivity index (χ4v) is 4.68. The van der Waals surface area contributed by atoms with Crippen molar-refractivity contribution in [2.24, 2.45) is 16.8 Å². The third-order valence-electron chi connectivity index (χ3n) is 7.03. The minimum absolute atomic E-state index is 0.223. The fraction of sp³-hybridized carbons (Fsp3) is 0.207. The molecule has 0 aliphatic heterocycles. The topological polar surface area (TPSA) is 141 Å². The van der Waals surface area contributed by atoms with Gasteiger partial charge in [-0.3, -0.25) is 5.32 Å². The minimum atomic E-state index is -0.577. The van der Waals surface area contributed by atoms with Gasteiger partial charge in [0.1, 0.15) is 23.3 Å². The van der Waals surface area contributed by atoms with Crippen molar-refractivity contribution in [2.45, 2.75) is 38.2 Å². The molecule has 6 N–H and O–H groups in total. The normalized spacial score (nSPS) is 15.0. The van der Waals surface area contributed by atoms with Crippen molar-refractivity contribution in [3.05, 3.63) is 95.7 Å². The number of nitrogens with one attached hydrogen (secondary N) is 2. The number of hydrazone groups is 1. The van der Waals surface area contributed by atoms with Crippen LogP contribution in [-0.2, 0) is 10.2 Å². The van der Waals surface area contributed by atoms with Crippen LogP contribution < -0.4 is 22.4 Å². The van der Waals surface area contributed by atoms with E-state index in [2.05, 4.69) is 45.3 Å². The van der Waals surface area contributed by atoms with Crippen LogP contribution in [0, 0.1) is 6.92 Å². The molecular formula is C29H30N6O3. The lowest BCUT2D eigenvalue weighted by Gasteiger charge is -2.17. The Labute approximate surface area is 220 Å². The average Bonchev–Trinajstić information content (AvgIpc) is 3.68. The van der Waals surface area contributed by atoms with E-state index in [4.69, 9.17) is 20.9 Å². The molecule has 5 rings (SSSR count). The first-order chi connectivity index (χ1) is 18.4. The van der Waals surface area contributed by atoms with E-state index in [1.54, 1.807) is 6.92 Å². The average molecular weight is 511 g/mol. The van der Waals surface area contributed by atoms with Crippen molar-refractivity contribution in [3.63, 3.8) is 0 Å². The Morgan fingerprint density at radius 3 is 2.18 bits per heavy atom. The number of hydrogen-bond donors (Lipinski definition) is 4. The zero-order chi connectivity index (χ0) is 26.7. The van der Waals surface area contributed by atoms with Gasteiger partial charge in [0, 0.05) is 5.56 Å². The lowest BCUT2D eigenvalue weighted by Crippen LogP contribution is -2.40. The lowest BCUT2D eigenvalue weighted by molar-refractivity contribution is 0.121. The number of rotatable bonds is 7. The second kappa shape index (κ2) is 10.4. The monoisotopic (exact) mass is 510 g/mol. The fourth-order valence-electron chi connectivity index (χ4n) is 4.68. The molecule has 0 bridgehead atoms. The van der Waals surface area contributed by atoms with Gasteiger partial charge in [0.05, 0.1) is 5.41 Å². The number of carbonyl (C=O) groups is 1. The number of hydrogen-bond acceptors (Lipinski definition) is 7. The molecule has 1 saturated carbocycles. The van der Waals surface area contributed by atoms with E-state index in [1.807, 2.05) is 61.5 Å². The van der Waals surface area contributed by atoms with E-state index in [9.17, 15) is 4.79 Å². The molecule has 1 aliphatic carbocycles. The number of ether oxygens (including phenoxy) is 1. The molecule has 1 heterocycles. The number of nitrogens with two attached hydrogens (primary N) is 2. The van der Waals surface area contributed by atoms with Gasteiger partial charge >= 0.3 is 6.09 Å². The standard InChI is InChI=1S/C29H30N6O3/c1-18-25(32-28(36)37-19(2)20-6-4-3-5-7-20)26(38-35-18)23-10-8-21(9-11-23)22-12-14-24(15-13-22)29(16-17-29)27(33-30)34-31/h3-15,19H,16-17,30-31H2,1-2H3,(H,32,36)(H,33,34). The van der Waals surface area contributed by atoms with Crippen LogP contribution >= 0.6 is 0 Å². The molecule has 9 heteroatoms. The first-order valence-electron chi connectivity index (χ1n) is 12.4. The molecule has 0 spiro atoms. The Morgan fingerprint density at radius 1 is 1.00 bits per heavy atom. The van der Waals surface area contributed by atoms with Gasteiger partial charge in [0.2, 0.25) is 0 Å². The Balaban J connectivity index is 1.30. The molecule has 1 aromatic heterocycles. The number of amides is 1. The van der Waals surface area contributed by atoms with E-state index >= 15 is 0 Å². The second-order valence-corrected chi connectivity index (χ2v) is 9.41. The Kier molecular flexibility index (Phi) is 6.85. The molecule has 0 saturated heterocycles. The molecule has 1 amide bonds. The van der Waals surface area contributed by atoms with Crippen molar-refractivity contribution in [2.75, 3.05) is 5.32 Å². The van der Waals surface area contributed by atoms with Crippen molar-refractivity contribution < 1.29 is 14.1 Å². The van der Waals surface area contributed by atoms with Crippen LogP contribution in [0.5, 0.6) is 0 Å². The van der Waals surface area contributed by atoms with Crippen LogP contribution in [0.15, 0.2) is 88.5 Å². The summed E-state index contributed by atoms with van der Waals surface area (Å²) in [6.45, 7) is 3.60. The molecule has 38 heavy (non-hydrogen) atoms. The summed E-state index contributed by atoms with van der Waals surface area (Å²) in [4.78, 5) is 12.6. The highest BCUT2D eigenvalue weighted by Crippen LogP contribution is 2.49. The lowest BCUT2D eigenvalue weighted by atomic mass is 9.92. The van der Waals surface area contributed by atoms with Crippen LogP contribution in [0.1, 0.15) is 42.7 Å². The van der Waals surface area contributed by atoms with E-state index in [1.165, 1.54) is 0 Å². The Morgan fingerprint density at radius 2 is 1.61 bits per heavy atom. The van der Waals surface area contributed by atoms with Crippen LogP contribution in [0.3, 0.4) is 0 Å². The number of amidine groups is 1. The van der Waals surface area contributed by atoms with E-state index in [0.717, 1.165) is 40.7 Å². The number of nitrogens with zero attached hydrogens (tertiary/aromatic N) is 2. The highest BCUT2D eigenvalue weighted by molar-refractivity contribution is 5.95. The van der Waals surface area contributed by atoms with Gasteiger partial charge in [-0.2, -0.15) is 5.10 Å². The van der Waals surface area contributed by atoms with Crippen molar-refractivity contribution in [3.8, 4) is 22.5 Å². The van der Waals surface area contributed by atoms with Gasteiger partial charge in [-0.1, -0.05) is 84.0 Å². The molecule has 1 unspecified atom stereocenters. The number of benzene rings is 3. The first kappa shape index (κ1) is 25.0. The molecular weight excluding hydrogens is 480 g/mol. The van der Waals surface area contributed by atoms with Gasteiger partial charge in [-0.25, -0.2) is 10.6 Å². The van der Waals surface area contributed by atoms with Gasteiger partial charge < -0.3 is 20.5 Å². The maximum atomic E-state index is 12.6. The third-order valence-corrected chi connectivity index (χ3v) is 7.03. The van der Waals surface area contributed by atoms with Gasteiger partial charge in [-0.15, -0.1) is 0 Å². The van der Waals surface area contributed by atoms with Gasteiger partial charge in [0.15, 0.2) is 5.76 Å². The quantitative estimate of drug-likeness (QED) is 0.113. The summed E-state index contributed by atoms with van der Waals surface area (Å²) in [5.74, 6) is 12.2. The summed E-state index contributed by atoms with van der Waals surface area (Å²) in [5, 5.41) is 10.7. The molecule has 3 aromatic carbocycles. The molecule has 1 atom stereocenters. The molecule has 4 aromatic rings. The second-order valence-electron chi connectivity index (χ2n) is 9.41. The maximum absolute atomic E-state index is 12.6. The molecule has 1 fully saturated rings. The van der Waals surface area contributed by atoms with Crippen LogP contribution in [0.2, 0.25) is 0 Å². The summed E-state index contributed by atoms with van der Waals surface area (Å²) in [7, 11) is 0. The van der Waals surface area contributed by atoms with Gasteiger partial charge in [0.25, 0.3) is 0 Å². The smallest absolute Gasteiger partial charge is 0.412 e. The SMILES string of the molecule is Cc1noc(-c2ccc(-c3ccc(C4(/C(=N/N)NN)CC4)cc3)cc2)c1NC(=O)OC(C)c1ccccc1. The maximum Gasteiger partial charge on any atom is 0.412 e. The van der Waals surface area contributed by atoms with Crippen LogP contribution in [0.25, 0.3) is 22.5 Å². The number of aryl methyl sites for hydroxylation is 1. The summed E-state index contributed by atoms with van der Waals surface area (Å²) in [6.07, 6.45) is 0.924. The summed E-state index contributed by atoms with van der Waals surface area (Å²) in [5.41, 5.74) is 8.37. The summed E-state index contributed by atoms with van der Waals surface area (Å²) in [6, 6.07) is 25.8. The molecule has 1 aliphatic rings. The van der Waals surface area contributed by atoms with Crippen molar-refractivity contribution in [1.82, 2.24) is 10.6 Å². The van der Waals surface area contributed by atoms with Crippen molar-refractivity contribution >= 4 is 17.6 Å². The zero-order valence-electron chi connectivity index (χ0n) is 21.3. The Bertz CT molecular complexity index is 1440. The summed E-state index contributed by atoms with van der Waals surface area (Å²) < 4.78 is 11.1. The third kappa shape index (κ3) is 4.83. The van der Waals surface area contributed by atoms with E-state index < -0.39 is 12.2 Å². The van der Waals surface area contributed by atoms with E-state index in [-0.39, 0.29) is 5.41 Å². The Hall–Kier alpha value is -4.63. The number of carbonyl (C=O) groups excluding carboxylic acids is 1. The number of anilines is 1. The molecule has 9 nitrogen and oxygen atoms in total. The molecule has 194 valence electrons. The largest absolute Gasteiger partial charge is 0.441 e. The number of aromatic nitrogens is 1. The highest BCUT2D eigenvalue weighted by atomic mass is 16.6. The minimum Gasteiger partial charge on any atom is -0.441 e. The zero-order valence-corrected chi connectivity index (χ0v) is 21.3. The number of hydrazine groups is 1. The van der Waals surface area contributed by atoms with Crippen molar-refractivity contribution in [1.29, 1.82) is 0 Å². The predicted octanol–water partition coefficient (Wildman–Crippen LogP) is 5.39. The summed E-state index contributed by atoms with van der Waals surface area (Å²) >= 11 is 0. The predicted molar refractivity (Wildman–Crippen MR) is 147 cm³/mol. The van der Waals surface area contributed by atoms with Crippen LogP contribution in [-0.4, -0.2) is 17.1 Å². The van der Waals surface area contributed by atoms with Crippen LogP contribution in [0.4, 0.5) is 10.5 Å². The van der Waals surface area contributed by atoms with E-state index in [0.29, 0.717) is 23.0 Å². The van der Waals surface area contributed by atoms with Gasteiger partial charge in [-0.05, 0) is 48.9 Å². The highest BCUT2D eigenvalue weighted by Gasteiger charge is 2.49. The first-order valence-corrected chi connectivity index (χ1v) is 12.4. The molecule has 0 radical (unpaired) electrons.